The van der Waals surface area contributed by atoms with Crippen LogP contribution in [0.2, 0.25) is 0 Å². The molecule has 0 spiro atoms. The van der Waals surface area contributed by atoms with Gasteiger partial charge in [-0.2, -0.15) is 0 Å². The monoisotopic (exact) mass is 400 g/mol. The van der Waals surface area contributed by atoms with Crippen LogP contribution in [0.3, 0.4) is 0 Å². The SMILES string of the molecule is COC(=O)C[C@@]1(C)C[C@@](C)(CC(C)CC/C=C/CC/C=C/c2ccccc2)OO1. The first-order valence-corrected chi connectivity index (χ1v) is 10.6. The highest BCUT2D eigenvalue weighted by Gasteiger charge is 2.48. The van der Waals surface area contributed by atoms with Gasteiger partial charge in [0.2, 0.25) is 0 Å². The van der Waals surface area contributed by atoms with Gasteiger partial charge in [-0.25, -0.2) is 9.78 Å². The van der Waals surface area contributed by atoms with Gasteiger partial charge in [-0.3, -0.25) is 4.79 Å². The number of benzene rings is 1. The van der Waals surface area contributed by atoms with Crippen molar-refractivity contribution in [3.63, 3.8) is 0 Å². The topological polar surface area (TPSA) is 44.8 Å². The number of unbranched alkanes of at least 4 members (excludes halogenated alkanes) is 1. The average molecular weight is 401 g/mol. The minimum atomic E-state index is -0.602. The van der Waals surface area contributed by atoms with Crippen LogP contribution in [0.5, 0.6) is 0 Å². The third-order valence-electron chi connectivity index (χ3n) is 5.32. The molecule has 160 valence electrons. The summed E-state index contributed by atoms with van der Waals surface area (Å²) in [6.07, 6.45) is 15.1. The van der Waals surface area contributed by atoms with Crippen LogP contribution in [-0.4, -0.2) is 24.3 Å². The molecule has 1 aliphatic heterocycles. The number of rotatable bonds is 11. The second kappa shape index (κ2) is 11.3. The van der Waals surface area contributed by atoms with Gasteiger partial charge in [0.05, 0.1) is 13.5 Å². The van der Waals surface area contributed by atoms with Gasteiger partial charge in [-0.15, -0.1) is 0 Å². The predicted octanol–water partition coefficient (Wildman–Crippen LogP) is 6.28. The Hall–Kier alpha value is -1.91. The summed E-state index contributed by atoms with van der Waals surface area (Å²) in [5, 5.41) is 0. The highest BCUT2D eigenvalue weighted by atomic mass is 17.2. The van der Waals surface area contributed by atoms with Crippen molar-refractivity contribution in [2.45, 2.75) is 76.9 Å². The van der Waals surface area contributed by atoms with E-state index in [0.29, 0.717) is 12.3 Å². The number of carbonyl (C=O) groups excluding carboxylic acids is 1. The molecule has 0 aliphatic carbocycles. The zero-order valence-electron chi connectivity index (χ0n) is 18.4. The number of hydrogen-bond donors (Lipinski definition) is 0. The average Bonchev–Trinajstić information content (AvgIpc) is 2.98. The van der Waals surface area contributed by atoms with Crippen LogP contribution < -0.4 is 0 Å². The Kier molecular flexibility index (Phi) is 9.12. The molecule has 0 amide bonds. The maximum absolute atomic E-state index is 11.6. The number of ether oxygens (including phenoxy) is 1. The Balaban J connectivity index is 1.63. The summed E-state index contributed by atoms with van der Waals surface area (Å²) >= 11 is 0. The molecular formula is C25H36O4. The van der Waals surface area contributed by atoms with Crippen LogP contribution in [0.4, 0.5) is 0 Å². The summed E-state index contributed by atoms with van der Waals surface area (Å²) in [6.45, 7) is 6.23. The van der Waals surface area contributed by atoms with E-state index in [1.54, 1.807) is 0 Å². The number of carbonyl (C=O) groups is 1. The molecule has 0 aromatic heterocycles. The molecule has 1 unspecified atom stereocenters. The van der Waals surface area contributed by atoms with Gasteiger partial charge < -0.3 is 4.74 Å². The molecule has 0 bridgehead atoms. The smallest absolute Gasteiger partial charge is 0.308 e. The lowest BCUT2D eigenvalue weighted by Crippen LogP contribution is -2.32. The van der Waals surface area contributed by atoms with E-state index >= 15 is 0 Å². The second-order valence-corrected chi connectivity index (χ2v) is 8.74. The molecule has 1 aromatic rings. The van der Waals surface area contributed by atoms with Crippen molar-refractivity contribution in [2.24, 2.45) is 5.92 Å². The van der Waals surface area contributed by atoms with E-state index in [1.807, 2.05) is 13.0 Å². The van der Waals surface area contributed by atoms with E-state index in [0.717, 1.165) is 32.1 Å². The van der Waals surface area contributed by atoms with Crippen LogP contribution in [0, 0.1) is 5.92 Å². The molecule has 4 heteroatoms. The molecule has 0 N–H and O–H groups in total. The fourth-order valence-corrected chi connectivity index (χ4v) is 4.06. The molecule has 1 aliphatic rings. The van der Waals surface area contributed by atoms with E-state index < -0.39 is 5.60 Å². The molecule has 0 saturated carbocycles. The summed E-state index contributed by atoms with van der Waals surface area (Å²) in [7, 11) is 1.40. The van der Waals surface area contributed by atoms with Crippen molar-refractivity contribution >= 4 is 12.0 Å². The summed E-state index contributed by atoms with van der Waals surface area (Å²) < 4.78 is 4.76. The number of allylic oxidation sites excluding steroid dienone is 3. The molecule has 4 nitrogen and oxygen atoms in total. The second-order valence-electron chi connectivity index (χ2n) is 8.74. The van der Waals surface area contributed by atoms with Crippen molar-refractivity contribution in [1.82, 2.24) is 0 Å². The van der Waals surface area contributed by atoms with E-state index in [1.165, 1.54) is 12.7 Å². The lowest BCUT2D eigenvalue weighted by atomic mass is 9.82. The van der Waals surface area contributed by atoms with E-state index in [9.17, 15) is 4.79 Å². The Morgan fingerprint density at radius 1 is 1.07 bits per heavy atom. The maximum atomic E-state index is 11.6. The Labute approximate surface area is 175 Å². The Morgan fingerprint density at radius 2 is 1.72 bits per heavy atom. The van der Waals surface area contributed by atoms with Crippen molar-refractivity contribution in [3.05, 3.63) is 54.1 Å². The highest BCUT2D eigenvalue weighted by Crippen LogP contribution is 2.42. The first-order chi connectivity index (χ1) is 13.8. The van der Waals surface area contributed by atoms with Crippen LogP contribution >= 0.6 is 0 Å². The van der Waals surface area contributed by atoms with Gasteiger partial charge >= 0.3 is 5.97 Å². The summed E-state index contributed by atoms with van der Waals surface area (Å²) in [6, 6.07) is 10.4. The Bertz CT molecular complexity index is 681. The minimum Gasteiger partial charge on any atom is -0.469 e. The van der Waals surface area contributed by atoms with Crippen molar-refractivity contribution in [3.8, 4) is 0 Å². The highest BCUT2D eigenvalue weighted by molar-refractivity contribution is 5.70. The van der Waals surface area contributed by atoms with E-state index in [4.69, 9.17) is 14.5 Å². The molecule has 1 saturated heterocycles. The number of methoxy groups -OCH3 is 1. The van der Waals surface area contributed by atoms with Crippen molar-refractivity contribution < 1.29 is 19.3 Å². The molecule has 1 heterocycles. The molecular weight excluding hydrogens is 364 g/mol. The normalized spacial score (nSPS) is 25.7. The molecule has 1 fully saturated rings. The van der Waals surface area contributed by atoms with Crippen molar-refractivity contribution in [2.75, 3.05) is 7.11 Å². The van der Waals surface area contributed by atoms with Gasteiger partial charge in [0.1, 0.15) is 11.2 Å². The van der Waals surface area contributed by atoms with Crippen molar-refractivity contribution in [1.29, 1.82) is 0 Å². The Morgan fingerprint density at radius 3 is 2.45 bits per heavy atom. The van der Waals surface area contributed by atoms with Gasteiger partial charge in [-0.05, 0) is 57.4 Å². The minimum absolute atomic E-state index is 0.217. The third kappa shape index (κ3) is 8.55. The zero-order valence-corrected chi connectivity index (χ0v) is 18.4. The van der Waals surface area contributed by atoms with Gasteiger partial charge in [-0.1, -0.05) is 61.6 Å². The third-order valence-corrected chi connectivity index (χ3v) is 5.32. The molecule has 2 rings (SSSR count). The fraction of sp³-hybridized carbons (Fsp3) is 0.560. The standard InChI is InChI=1S/C25H36O4/c1-21(18-24(2)20-25(3,29-28-24)19-23(26)27-4)14-10-7-5-6-8-11-15-22-16-12-9-13-17-22/h5,7,9,11-13,15-17,21H,6,8,10,14,18-20H2,1-4H3/b7-5+,15-11+/t21?,24-,25+/m1/s1. The van der Waals surface area contributed by atoms with E-state index in [2.05, 4.69) is 62.4 Å². The largest absolute Gasteiger partial charge is 0.469 e. The van der Waals surface area contributed by atoms with Gasteiger partial charge in [0.25, 0.3) is 0 Å². The van der Waals surface area contributed by atoms with E-state index in [-0.39, 0.29) is 18.0 Å². The van der Waals surface area contributed by atoms with Crippen LogP contribution in [0.1, 0.15) is 71.3 Å². The molecule has 0 radical (unpaired) electrons. The lowest BCUT2D eigenvalue weighted by Gasteiger charge is -2.25. The maximum Gasteiger partial charge on any atom is 0.308 e. The number of esters is 1. The first-order valence-electron chi connectivity index (χ1n) is 10.6. The lowest BCUT2D eigenvalue weighted by molar-refractivity contribution is -0.346. The van der Waals surface area contributed by atoms with Gasteiger partial charge in [0, 0.05) is 6.42 Å². The molecule has 29 heavy (non-hydrogen) atoms. The zero-order chi connectivity index (χ0) is 21.2. The van der Waals surface area contributed by atoms with Crippen LogP contribution in [-0.2, 0) is 19.3 Å². The summed E-state index contributed by atoms with van der Waals surface area (Å²) in [5.74, 6) is 0.254. The summed E-state index contributed by atoms with van der Waals surface area (Å²) in [4.78, 5) is 22.7. The van der Waals surface area contributed by atoms with Gasteiger partial charge in [0.15, 0.2) is 0 Å². The fourth-order valence-electron chi connectivity index (χ4n) is 4.06. The van der Waals surface area contributed by atoms with Crippen LogP contribution in [0.25, 0.3) is 6.08 Å². The predicted molar refractivity (Wildman–Crippen MR) is 117 cm³/mol. The molecule has 3 atom stereocenters. The number of hydrogen-bond acceptors (Lipinski definition) is 4. The first kappa shape index (κ1) is 23.4. The summed E-state index contributed by atoms with van der Waals surface area (Å²) in [5.41, 5.74) is 0.294. The van der Waals surface area contributed by atoms with Crippen LogP contribution in [0.15, 0.2) is 48.6 Å². The quantitative estimate of drug-likeness (QED) is 0.190. The molecule has 1 aromatic carbocycles.